The predicted octanol–water partition coefficient (Wildman–Crippen LogP) is 2.56. The minimum absolute atomic E-state index is 0.0769. The number of aliphatic hydroxyl groups is 1. The van der Waals surface area contributed by atoms with Crippen molar-refractivity contribution < 1.29 is 13.5 Å². The fourth-order valence-corrected chi connectivity index (χ4v) is 4.03. The van der Waals surface area contributed by atoms with Gasteiger partial charge in [-0.2, -0.15) is 0 Å². The van der Waals surface area contributed by atoms with Crippen LogP contribution in [0.2, 0.25) is 5.02 Å². The van der Waals surface area contributed by atoms with Gasteiger partial charge in [-0.15, -0.1) is 0 Å². The lowest BCUT2D eigenvalue weighted by atomic mass is 10.00. The zero-order chi connectivity index (χ0) is 14.5. The summed E-state index contributed by atoms with van der Waals surface area (Å²) in [6, 6.07) is 11.3. The Hall–Kier alpha value is -1.56. The number of para-hydroxylation sites is 1. The van der Waals surface area contributed by atoms with Crippen LogP contribution in [0.4, 0.5) is 5.69 Å². The van der Waals surface area contributed by atoms with Gasteiger partial charge in [-0.1, -0.05) is 29.8 Å². The molecule has 0 radical (unpaired) electrons. The molecule has 0 fully saturated rings. The Bertz CT molecular complexity index is 789. The Balaban J connectivity index is 2.41. The van der Waals surface area contributed by atoms with Gasteiger partial charge in [0.1, 0.15) is 6.10 Å². The molecule has 0 aromatic heterocycles. The second-order valence-corrected chi connectivity index (χ2v) is 6.99. The average molecular weight is 310 g/mol. The van der Waals surface area contributed by atoms with E-state index in [0.29, 0.717) is 21.8 Å². The van der Waals surface area contributed by atoms with Crippen LogP contribution in [-0.4, -0.2) is 20.6 Å². The third-order valence-corrected chi connectivity index (χ3v) is 5.56. The first-order valence-corrected chi connectivity index (χ1v) is 7.80. The Morgan fingerprint density at radius 2 is 1.85 bits per heavy atom. The maximum atomic E-state index is 12.6. The normalized spacial score (nSPS) is 19.9. The van der Waals surface area contributed by atoms with E-state index >= 15 is 0 Å². The lowest BCUT2D eigenvalue weighted by Gasteiger charge is -2.19. The maximum Gasteiger partial charge on any atom is 0.264 e. The van der Waals surface area contributed by atoms with Crippen molar-refractivity contribution in [1.29, 1.82) is 0 Å². The van der Waals surface area contributed by atoms with Crippen molar-refractivity contribution in [3.63, 3.8) is 0 Å². The zero-order valence-electron chi connectivity index (χ0n) is 10.6. The minimum Gasteiger partial charge on any atom is -0.384 e. The van der Waals surface area contributed by atoms with E-state index in [1.54, 1.807) is 24.3 Å². The highest BCUT2D eigenvalue weighted by atomic mass is 35.5. The third kappa shape index (κ3) is 1.82. The van der Waals surface area contributed by atoms with Gasteiger partial charge in [0.2, 0.25) is 0 Å². The van der Waals surface area contributed by atoms with Crippen molar-refractivity contribution >= 4 is 27.3 Å². The van der Waals surface area contributed by atoms with Gasteiger partial charge >= 0.3 is 0 Å². The molecule has 2 aromatic carbocycles. The van der Waals surface area contributed by atoms with Crippen molar-refractivity contribution in [2.75, 3.05) is 11.4 Å². The molecule has 1 heterocycles. The molecule has 6 heteroatoms. The van der Waals surface area contributed by atoms with Crippen molar-refractivity contribution in [3.8, 4) is 0 Å². The summed E-state index contributed by atoms with van der Waals surface area (Å²) in [4.78, 5) is 0.0769. The van der Waals surface area contributed by atoms with E-state index < -0.39 is 16.1 Å². The molecule has 20 heavy (non-hydrogen) atoms. The summed E-state index contributed by atoms with van der Waals surface area (Å²) >= 11 is 5.93. The summed E-state index contributed by atoms with van der Waals surface area (Å²) < 4.78 is 26.4. The van der Waals surface area contributed by atoms with Crippen molar-refractivity contribution in [3.05, 3.63) is 58.6 Å². The third-order valence-electron chi connectivity index (χ3n) is 3.48. The number of hydrogen-bond acceptors (Lipinski definition) is 3. The second kappa shape index (κ2) is 4.48. The summed E-state index contributed by atoms with van der Waals surface area (Å²) in [5.74, 6) is 0. The number of halogens is 1. The standard InChI is InChI=1S/C14H12ClNO3S/c1-16-12-5-3-2-4-10(12)14(17)11-8-9(15)6-7-13(11)20(16,18)19/h2-8,14,17H,1H3. The summed E-state index contributed by atoms with van der Waals surface area (Å²) in [5, 5.41) is 10.9. The van der Waals surface area contributed by atoms with Crippen molar-refractivity contribution in [1.82, 2.24) is 0 Å². The van der Waals surface area contributed by atoms with E-state index in [9.17, 15) is 13.5 Å². The fourth-order valence-electron chi connectivity index (χ4n) is 2.42. The van der Waals surface area contributed by atoms with Crippen LogP contribution in [0, 0.1) is 0 Å². The molecule has 1 atom stereocenters. The molecular weight excluding hydrogens is 298 g/mol. The molecule has 4 nitrogen and oxygen atoms in total. The summed E-state index contributed by atoms with van der Waals surface area (Å²) in [7, 11) is -2.23. The molecule has 1 aliphatic rings. The Labute approximate surface area is 122 Å². The molecule has 0 saturated carbocycles. The highest BCUT2D eigenvalue weighted by Gasteiger charge is 2.33. The molecule has 1 N–H and O–H groups in total. The summed E-state index contributed by atoms with van der Waals surface area (Å²) in [6.45, 7) is 0. The number of benzene rings is 2. The first-order valence-electron chi connectivity index (χ1n) is 5.98. The van der Waals surface area contributed by atoms with Crippen LogP contribution in [0.1, 0.15) is 17.2 Å². The van der Waals surface area contributed by atoms with Gasteiger partial charge < -0.3 is 5.11 Å². The Morgan fingerprint density at radius 3 is 2.60 bits per heavy atom. The van der Waals surface area contributed by atoms with Gasteiger partial charge in [0.25, 0.3) is 10.0 Å². The number of rotatable bonds is 0. The van der Waals surface area contributed by atoms with Gasteiger partial charge in [0, 0.05) is 23.2 Å². The quantitative estimate of drug-likeness (QED) is 0.813. The topological polar surface area (TPSA) is 57.6 Å². The molecule has 0 amide bonds. The Morgan fingerprint density at radius 1 is 1.15 bits per heavy atom. The van der Waals surface area contributed by atoms with Crippen LogP contribution in [-0.2, 0) is 10.0 Å². The van der Waals surface area contributed by atoms with E-state index in [-0.39, 0.29) is 4.90 Å². The molecule has 2 aromatic rings. The lowest BCUT2D eigenvalue weighted by Crippen LogP contribution is -2.26. The summed E-state index contributed by atoms with van der Waals surface area (Å²) in [5.41, 5.74) is 1.31. The molecular formula is C14H12ClNO3S. The zero-order valence-corrected chi connectivity index (χ0v) is 12.2. The summed E-state index contributed by atoms with van der Waals surface area (Å²) in [6.07, 6.45) is -1.03. The van der Waals surface area contributed by atoms with Crippen LogP contribution in [0.5, 0.6) is 0 Å². The monoisotopic (exact) mass is 309 g/mol. The highest BCUT2D eigenvalue weighted by Crippen LogP contribution is 2.40. The molecule has 1 aliphatic heterocycles. The highest BCUT2D eigenvalue weighted by molar-refractivity contribution is 7.92. The van der Waals surface area contributed by atoms with Crippen LogP contribution >= 0.6 is 11.6 Å². The molecule has 0 spiro atoms. The lowest BCUT2D eigenvalue weighted by molar-refractivity contribution is 0.218. The minimum atomic E-state index is -3.71. The fraction of sp³-hybridized carbons (Fsp3) is 0.143. The predicted molar refractivity (Wildman–Crippen MR) is 77.5 cm³/mol. The number of nitrogens with zero attached hydrogens (tertiary/aromatic N) is 1. The van der Waals surface area contributed by atoms with Crippen LogP contribution < -0.4 is 4.31 Å². The second-order valence-electron chi connectivity index (χ2n) is 4.62. The molecule has 104 valence electrons. The SMILES string of the molecule is CN1c2ccccc2C(O)c2cc(Cl)ccc2S1(=O)=O. The first-order chi connectivity index (χ1) is 9.43. The van der Waals surface area contributed by atoms with Crippen molar-refractivity contribution in [2.45, 2.75) is 11.0 Å². The number of aliphatic hydroxyl groups excluding tert-OH is 1. The number of sulfonamides is 1. The van der Waals surface area contributed by atoms with E-state index in [1.165, 1.54) is 29.6 Å². The maximum absolute atomic E-state index is 12.6. The largest absolute Gasteiger partial charge is 0.384 e. The van der Waals surface area contributed by atoms with E-state index in [2.05, 4.69) is 0 Å². The molecule has 0 aliphatic carbocycles. The van der Waals surface area contributed by atoms with Crippen LogP contribution in [0.3, 0.4) is 0 Å². The number of hydrogen-bond donors (Lipinski definition) is 1. The van der Waals surface area contributed by atoms with Gasteiger partial charge in [-0.3, -0.25) is 4.31 Å². The van der Waals surface area contributed by atoms with Crippen LogP contribution in [0.15, 0.2) is 47.4 Å². The number of fused-ring (bicyclic) bond motifs is 2. The molecule has 1 unspecified atom stereocenters. The first kappa shape index (κ1) is 13.4. The average Bonchev–Trinajstić information content (AvgIpc) is 2.49. The molecule has 0 bridgehead atoms. The van der Waals surface area contributed by atoms with Gasteiger partial charge in [0.05, 0.1) is 10.6 Å². The smallest absolute Gasteiger partial charge is 0.264 e. The van der Waals surface area contributed by atoms with Crippen molar-refractivity contribution in [2.24, 2.45) is 0 Å². The van der Waals surface area contributed by atoms with Gasteiger partial charge in [-0.25, -0.2) is 8.42 Å². The number of anilines is 1. The van der Waals surface area contributed by atoms with Crippen LogP contribution in [0.25, 0.3) is 0 Å². The molecule has 3 rings (SSSR count). The van der Waals surface area contributed by atoms with Gasteiger partial charge in [0.15, 0.2) is 0 Å². The van der Waals surface area contributed by atoms with Gasteiger partial charge in [-0.05, 0) is 24.3 Å². The van der Waals surface area contributed by atoms with E-state index in [0.717, 1.165) is 0 Å². The van der Waals surface area contributed by atoms with E-state index in [4.69, 9.17) is 11.6 Å². The Kier molecular flexibility index (Phi) is 3.01. The molecule has 0 saturated heterocycles. The van der Waals surface area contributed by atoms with E-state index in [1.807, 2.05) is 0 Å².